The van der Waals surface area contributed by atoms with E-state index in [2.05, 4.69) is 21.2 Å². The molecule has 0 saturated heterocycles. The number of hydrogen-bond donors (Lipinski definition) is 1. The molecule has 0 bridgehead atoms. The lowest BCUT2D eigenvalue weighted by atomic mass is 10.3. The smallest absolute Gasteiger partial charge is 0.323 e. The van der Waals surface area contributed by atoms with Crippen molar-refractivity contribution >= 4 is 44.9 Å². The predicted molar refractivity (Wildman–Crippen MR) is 79.2 cm³/mol. The molecule has 1 aromatic carbocycles. The Kier molecular flexibility index (Phi) is 4.10. The highest BCUT2D eigenvalue weighted by molar-refractivity contribution is 9.10. The number of amides is 1. The highest BCUT2D eigenvalue weighted by Crippen LogP contribution is 2.26. The lowest BCUT2D eigenvalue weighted by Gasteiger charge is -2.07. The maximum Gasteiger partial charge on any atom is 0.323 e. The van der Waals surface area contributed by atoms with Gasteiger partial charge in [-0.15, -0.1) is 0 Å². The van der Waals surface area contributed by atoms with E-state index in [1.165, 1.54) is 23.7 Å². The Labute approximate surface area is 127 Å². The highest BCUT2D eigenvalue weighted by Gasteiger charge is 2.21. The average molecular weight is 359 g/mol. The number of carbonyl (C=O) groups is 1. The van der Waals surface area contributed by atoms with Gasteiger partial charge in [0, 0.05) is 15.6 Å². The molecule has 6 nitrogen and oxygen atoms in total. The molecule has 2 aromatic rings. The molecule has 104 valence electrons. The Hall–Kier alpha value is -1.86. The number of nitro groups is 1. The fourth-order valence-electron chi connectivity index (χ4n) is 1.69. The zero-order valence-electron chi connectivity index (χ0n) is 10.3. The number of nitrogens with zero attached hydrogens (tertiary/aromatic N) is 2. The van der Waals surface area contributed by atoms with Crippen molar-refractivity contribution in [3.05, 3.63) is 55.6 Å². The molecule has 2 rings (SSSR count). The number of hydrogen-bond acceptors (Lipinski definition) is 3. The van der Waals surface area contributed by atoms with Gasteiger partial charge in [0.05, 0.1) is 12.7 Å². The number of nitrogens with one attached hydrogen (secondary N) is 1. The van der Waals surface area contributed by atoms with Gasteiger partial charge in [-0.2, -0.15) is 0 Å². The summed E-state index contributed by atoms with van der Waals surface area (Å²) in [4.78, 5) is 22.3. The van der Waals surface area contributed by atoms with E-state index in [0.29, 0.717) is 15.2 Å². The van der Waals surface area contributed by atoms with Crippen molar-refractivity contribution in [2.75, 3.05) is 5.32 Å². The van der Waals surface area contributed by atoms with Crippen molar-refractivity contribution in [2.24, 2.45) is 7.05 Å². The van der Waals surface area contributed by atoms with Gasteiger partial charge in [-0.3, -0.25) is 4.79 Å². The van der Waals surface area contributed by atoms with Crippen molar-refractivity contribution in [1.82, 2.24) is 4.57 Å². The Morgan fingerprint density at radius 2 is 2.10 bits per heavy atom. The van der Waals surface area contributed by atoms with Gasteiger partial charge in [-0.1, -0.05) is 11.6 Å². The first-order chi connectivity index (χ1) is 9.40. The third-order valence-corrected chi connectivity index (χ3v) is 3.62. The number of benzene rings is 1. The number of halogens is 2. The van der Waals surface area contributed by atoms with Gasteiger partial charge in [-0.25, -0.2) is 4.57 Å². The molecule has 0 saturated carbocycles. The molecule has 20 heavy (non-hydrogen) atoms. The van der Waals surface area contributed by atoms with Gasteiger partial charge in [0.25, 0.3) is 5.91 Å². The summed E-state index contributed by atoms with van der Waals surface area (Å²) in [7, 11) is 1.46. The predicted octanol–water partition coefficient (Wildman–Crippen LogP) is 3.60. The molecule has 1 amide bonds. The first kappa shape index (κ1) is 14.5. The van der Waals surface area contributed by atoms with E-state index in [9.17, 15) is 14.9 Å². The zero-order valence-corrected chi connectivity index (χ0v) is 12.6. The fourth-order valence-corrected chi connectivity index (χ4v) is 2.21. The molecule has 0 aliphatic heterocycles. The van der Waals surface area contributed by atoms with E-state index in [-0.39, 0.29) is 11.5 Å². The molecule has 0 aliphatic carbocycles. The molecular formula is C12H9BrClN3O3. The first-order valence-corrected chi connectivity index (χ1v) is 6.63. The van der Waals surface area contributed by atoms with E-state index < -0.39 is 10.8 Å². The van der Waals surface area contributed by atoms with Crippen molar-refractivity contribution in [2.45, 2.75) is 0 Å². The van der Waals surface area contributed by atoms with Crippen LogP contribution in [0, 0.1) is 10.1 Å². The van der Waals surface area contributed by atoms with E-state index in [1.54, 1.807) is 18.2 Å². The quantitative estimate of drug-likeness (QED) is 0.672. The van der Waals surface area contributed by atoms with Crippen LogP contribution in [0.5, 0.6) is 0 Å². The van der Waals surface area contributed by atoms with Crippen LogP contribution in [0.3, 0.4) is 0 Å². The second kappa shape index (κ2) is 5.64. The molecule has 0 unspecified atom stereocenters. The lowest BCUT2D eigenvalue weighted by molar-refractivity contribution is -0.391. The molecule has 0 spiro atoms. The Morgan fingerprint density at radius 3 is 2.70 bits per heavy atom. The van der Waals surface area contributed by atoms with Crippen LogP contribution < -0.4 is 5.32 Å². The topological polar surface area (TPSA) is 77.2 Å². The molecule has 1 aromatic heterocycles. The van der Waals surface area contributed by atoms with Crippen LogP contribution in [0.2, 0.25) is 5.02 Å². The average Bonchev–Trinajstić information content (AvgIpc) is 2.76. The standard InChI is InChI=1S/C12H9BrClN3O3/c1-16-10(4-5-11(16)17(19)20)12(18)15-9-6-7(14)2-3-8(9)13/h2-6H,1H3,(H,15,18). The Bertz CT molecular complexity index is 699. The summed E-state index contributed by atoms with van der Waals surface area (Å²) < 4.78 is 1.88. The van der Waals surface area contributed by atoms with Gasteiger partial charge < -0.3 is 15.4 Å². The van der Waals surface area contributed by atoms with Crippen molar-refractivity contribution in [3.8, 4) is 0 Å². The summed E-state index contributed by atoms with van der Waals surface area (Å²) in [6.07, 6.45) is 0. The second-order valence-electron chi connectivity index (χ2n) is 3.97. The van der Waals surface area contributed by atoms with Crippen LogP contribution in [0.25, 0.3) is 0 Å². The Morgan fingerprint density at radius 1 is 1.40 bits per heavy atom. The molecular weight excluding hydrogens is 350 g/mol. The van der Waals surface area contributed by atoms with E-state index >= 15 is 0 Å². The molecule has 0 aliphatic rings. The van der Waals surface area contributed by atoms with Gasteiger partial charge in [0.15, 0.2) is 5.69 Å². The summed E-state index contributed by atoms with van der Waals surface area (Å²) in [5, 5.41) is 13.9. The Balaban J connectivity index is 2.29. The normalized spacial score (nSPS) is 10.3. The second-order valence-corrected chi connectivity index (χ2v) is 5.26. The number of carbonyl (C=O) groups excluding carboxylic acids is 1. The minimum absolute atomic E-state index is 0.152. The van der Waals surface area contributed by atoms with E-state index in [4.69, 9.17) is 11.6 Å². The van der Waals surface area contributed by atoms with E-state index in [0.717, 1.165) is 0 Å². The molecule has 0 fully saturated rings. The minimum atomic E-state index is -0.550. The van der Waals surface area contributed by atoms with Crippen molar-refractivity contribution in [3.63, 3.8) is 0 Å². The van der Waals surface area contributed by atoms with Crippen LogP contribution in [0.1, 0.15) is 10.5 Å². The monoisotopic (exact) mass is 357 g/mol. The maximum absolute atomic E-state index is 12.1. The summed E-state index contributed by atoms with van der Waals surface area (Å²) in [6, 6.07) is 7.63. The van der Waals surface area contributed by atoms with Gasteiger partial charge >= 0.3 is 5.82 Å². The van der Waals surface area contributed by atoms with Gasteiger partial charge in [0.1, 0.15) is 0 Å². The summed E-state index contributed by atoms with van der Waals surface area (Å²) in [5.41, 5.74) is 0.676. The minimum Gasteiger partial charge on any atom is -0.358 e. The number of anilines is 1. The third-order valence-electron chi connectivity index (χ3n) is 2.69. The molecule has 8 heteroatoms. The van der Waals surface area contributed by atoms with Crippen molar-refractivity contribution < 1.29 is 9.72 Å². The molecule has 0 radical (unpaired) electrons. The van der Waals surface area contributed by atoms with Crippen molar-refractivity contribution in [1.29, 1.82) is 0 Å². The van der Waals surface area contributed by atoms with E-state index in [1.807, 2.05) is 0 Å². The first-order valence-electron chi connectivity index (χ1n) is 5.46. The zero-order chi connectivity index (χ0) is 14.9. The number of rotatable bonds is 3. The van der Waals surface area contributed by atoms with Gasteiger partial charge in [0.2, 0.25) is 0 Å². The summed E-state index contributed by atoms with van der Waals surface area (Å²) >= 11 is 9.15. The van der Waals surface area contributed by atoms with Crippen LogP contribution in [0.15, 0.2) is 34.8 Å². The third kappa shape index (κ3) is 2.83. The van der Waals surface area contributed by atoms with Crippen LogP contribution in [-0.2, 0) is 7.05 Å². The van der Waals surface area contributed by atoms with Crippen LogP contribution in [0.4, 0.5) is 11.5 Å². The largest absolute Gasteiger partial charge is 0.358 e. The molecule has 1 heterocycles. The number of aromatic nitrogens is 1. The maximum atomic E-state index is 12.1. The highest BCUT2D eigenvalue weighted by atomic mass is 79.9. The fraction of sp³-hybridized carbons (Fsp3) is 0.0833. The lowest BCUT2D eigenvalue weighted by Crippen LogP contribution is -2.16. The molecule has 0 atom stereocenters. The van der Waals surface area contributed by atoms with Crippen LogP contribution in [-0.4, -0.2) is 15.4 Å². The summed E-state index contributed by atoms with van der Waals surface area (Å²) in [6.45, 7) is 0. The SMILES string of the molecule is Cn1c(C(=O)Nc2cc(Cl)ccc2Br)ccc1[N+](=O)[O-]. The summed E-state index contributed by atoms with van der Waals surface area (Å²) in [5.74, 6) is -0.608. The molecule has 1 N–H and O–H groups in total. The van der Waals surface area contributed by atoms with Gasteiger partial charge in [-0.05, 0) is 45.1 Å². The van der Waals surface area contributed by atoms with Crippen LogP contribution >= 0.6 is 27.5 Å².